The molecule has 1 N–H and O–H groups in total. The summed E-state index contributed by atoms with van der Waals surface area (Å²) in [7, 11) is -4.93. The van der Waals surface area contributed by atoms with Crippen molar-refractivity contribution < 1.29 is 12.3 Å². The van der Waals surface area contributed by atoms with E-state index in [0.717, 1.165) is 0 Å². The van der Waals surface area contributed by atoms with Gasteiger partial charge in [-0.3, -0.25) is 0 Å². The maximum absolute atomic E-state index is 12.7. The van der Waals surface area contributed by atoms with Crippen molar-refractivity contribution in [1.82, 2.24) is 19.9 Å². The highest BCUT2D eigenvalue weighted by molar-refractivity contribution is 7.86. The van der Waals surface area contributed by atoms with E-state index in [0.29, 0.717) is 0 Å². The summed E-state index contributed by atoms with van der Waals surface area (Å²) in [5.74, 6) is 0. The van der Waals surface area contributed by atoms with Gasteiger partial charge in [0.05, 0.1) is 6.33 Å². The first kappa shape index (κ1) is 9.28. The summed E-state index contributed by atoms with van der Waals surface area (Å²) < 4.78 is 34.0. The summed E-state index contributed by atoms with van der Waals surface area (Å²) in [6.07, 6.45) is 1.17. The van der Waals surface area contributed by atoms with Gasteiger partial charge in [-0.25, -0.2) is 9.97 Å². The highest BCUT2D eigenvalue weighted by Gasteiger charge is 2.21. The van der Waals surface area contributed by atoms with Crippen LogP contribution in [0.25, 0.3) is 11.2 Å². The Bertz CT molecular complexity index is 595. The number of aromatic amines is 1. The van der Waals surface area contributed by atoms with Gasteiger partial charge in [-0.1, -0.05) is 3.89 Å². The molecule has 0 bridgehead atoms. The van der Waals surface area contributed by atoms with Crippen LogP contribution in [-0.2, 0) is 10.2 Å². The van der Waals surface area contributed by atoms with E-state index in [1.807, 2.05) is 0 Å². The molecule has 74 valence electrons. The predicted molar refractivity (Wildman–Crippen MR) is 45.0 cm³/mol. The molecule has 0 unspecified atom stereocenters. The van der Waals surface area contributed by atoms with Gasteiger partial charge >= 0.3 is 10.2 Å². The molecule has 0 atom stereocenters. The van der Waals surface area contributed by atoms with Crippen LogP contribution in [0, 0.1) is 0 Å². The van der Waals surface area contributed by atoms with Gasteiger partial charge < -0.3 is 4.98 Å². The van der Waals surface area contributed by atoms with E-state index in [2.05, 4.69) is 19.9 Å². The summed E-state index contributed by atoms with van der Waals surface area (Å²) >= 11 is 5.38. The third kappa shape index (κ3) is 1.42. The molecular formula is C5H2ClFN4O2S. The van der Waals surface area contributed by atoms with Crippen LogP contribution in [0.5, 0.6) is 0 Å². The normalized spacial score (nSPS) is 12.1. The average molecular weight is 237 g/mol. The van der Waals surface area contributed by atoms with Crippen LogP contribution in [0.4, 0.5) is 3.89 Å². The van der Waals surface area contributed by atoms with Crippen molar-refractivity contribution in [2.75, 3.05) is 0 Å². The molecule has 6 nitrogen and oxygen atoms in total. The Labute approximate surface area is 82.4 Å². The second kappa shape index (κ2) is 2.85. The van der Waals surface area contributed by atoms with Gasteiger partial charge in [-0.15, -0.1) is 0 Å². The lowest BCUT2D eigenvalue weighted by molar-refractivity contribution is 0.548. The molecule has 0 saturated carbocycles. The zero-order valence-electron chi connectivity index (χ0n) is 6.40. The number of fused-ring (bicyclic) bond motifs is 1. The number of nitrogens with zero attached hydrogens (tertiary/aromatic N) is 3. The lowest BCUT2D eigenvalue weighted by Gasteiger charge is -1.95. The third-order valence-corrected chi connectivity index (χ3v) is 2.38. The molecule has 0 aromatic carbocycles. The number of hydrogen-bond donors (Lipinski definition) is 1. The maximum atomic E-state index is 12.7. The van der Waals surface area contributed by atoms with Crippen molar-refractivity contribution in [3.63, 3.8) is 0 Å². The first-order valence-corrected chi connectivity index (χ1v) is 5.06. The number of nitrogens with one attached hydrogen (secondary N) is 1. The molecule has 2 rings (SSSR count). The first-order chi connectivity index (χ1) is 6.48. The minimum Gasteiger partial charge on any atom is -0.341 e. The van der Waals surface area contributed by atoms with E-state index in [9.17, 15) is 12.3 Å². The Kier molecular flexibility index (Phi) is 1.89. The quantitative estimate of drug-likeness (QED) is 0.446. The second-order valence-corrected chi connectivity index (χ2v) is 3.94. The molecule has 2 heterocycles. The molecule has 2 aromatic rings. The van der Waals surface area contributed by atoms with Crippen molar-refractivity contribution in [1.29, 1.82) is 0 Å². The fraction of sp³-hybridized carbons (Fsp3) is 0. The third-order valence-electron chi connectivity index (χ3n) is 1.46. The van der Waals surface area contributed by atoms with Crippen LogP contribution >= 0.6 is 11.6 Å². The molecular weight excluding hydrogens is 235 g/mol. The van der Waals surface area contributed by atoms with Crippen molar-refractivity contribution in [2.45, 2.75) is 5.03 Å². The highest BCUT2D eigenvalue weighted by atomic mass is 35.5. The van der Waals surface area contributed by atoms with Crippen LogP contribution < -0.4 is 0 Å². The maximum Gasteiger partial charge on any atom is 0.352 e. The van der Waals surface area contributed by atoms with Gasteiger partial charge in [-0.05, 0) is 11.6 Å². The molecule has 0 spiro atoms. The molecule has 0 aliphatic carbocycles. The molecule has 0 saturated heterocycles. The Hall–Kier alpha value is -1.28. The Morgan fingerprint density at radius 3 is 2.79 bits per heavy atom. The van der Waals surface area contributed by atoms with Gasteiger partial charge in [0.25, 0.3) is 0 Å². The van der Waals surface area contributed by atoms with Crippen LogP contribution in [0.2, 0.25) is 5.28 Å². The predicted octanol–water partition coefficient (Wildman–Crippen LogP) is 0.664. The number of aromatic nitrogens is 4. The van der Waals surface area contributed by atoms with E-state index in [-0.39, 0.29) is 16.4 Å². The summed E-state index contributed by atoms with van der Waals surface area (Å²) in [4.78, 5) is 12.9. The molecule has 14 heavy (non-hydrogen) atoms. The lowest BCUT2D eigenvalue weighted by atomic mass is 10.6. The second-order valence-electron chi connectivity index (χ2n) is 2.34. The van der Waals surface area contributed by atoms with Crippen LogP contribution in [0.15, 0.2) is 11.4 Å². The zero-order chi connectivity index (χ0) is 10.3. The van der Waals surface area contributed by atoms with Crippen LogP contribution in [0.1, 0.15) is 0 Å². The Balaban J connectivity index is 2.94. The van der Waals surface area contributed by atoms with Crippen LogP contribution in [0.3, 0.4) is 0 Å². The number of hydrogen-bond acceptors (Lipinski definition) is 5. The molecule has 0 fully saturated rings. The molecule has 0 aliphatic heterocycles. The molecule has 0 amide bonds. The van der Waals surface area contributed by atoms with E-state index in [1.54, 1.807) is 0 Å². The molecule has 9 heteroatoms. The monoisotopic (exact) mass is 236 g/mol. The van der Waals surface area contributed by atoms with E-state index in [1.165, 1.54) is 6.33 Å². The van der Waals surface area contributed by atoms with Gasteiger partial charge in [0.15, 0.2) is 5.65 Å². The molecule has 2 aromatic heterocycles. The topological polar surface area (TPSA) is 88.6 Å². The van der Waals surface area contributed by atoms with Crippen molar-refractivity contribution in [3.8, 4) is 0 Å². The lowest BCUT2D eigenvalue weighted by Crippen LogP contribution is -1.99. The first-order valence-electron chi connectivity index (χ1n) is 3.30. The van der Waals surface area contributed by atoms with Gasteiger partial charge in [0, 0.05) is 0 Å². The van der Waals surface area contributed by atoms with Crippen molar-refractivity contribution in [2.24, 2.45) is 0 Å². The summed E-state index contributed by atoms with van der Waals surface area (Å²) in [6, 6.07) is 0. The van der Waals surface area contributed by atoms with E-state index < -0.39 is 15.2 Å². The minimum absolute atomic E-state index is 0.00113. The van der Waals surface area contributed by atoms with Crippen LogP contribution in [-0.4, -0.2) is 28.4 Å². The van der Waals surface area contributed by atoms with E-state index >= 15 is 0 Å². The summed E-state index contributed by atoms with van der Waals surface area (Å²) in [5, 5.41) is -1.18. The fourth-order valence-corrected chi connectivity index (χ4v) is 1.76. The number of rotatable bonds is 1. The summed E-state index contributed by atoms with van der Waals surface area (Å²) in [5.41, 5.74) is -0.0990. The molecule has 0 radical (unpaired) electrons. The van der Waals surface area contributed by atoms with Gasteiger partial charge in [0.2, 0.25) is 10.3 Å². The average Bonchev–Trinajstić information content (AvgIpc) is 2.47. The van der Waals surface area contributed by atoms with Gasteiger partial charge in [-0.2, -0.15) is 13.4 Å². The summed E-state index contributed by atoms with van der Waals surface area (Å²) in [6.45, 7) is 0. The zero-order valence-corrected chi connectivity index (χ0v) is 7.97. The SMILES string of the molecule is O=S(=O)(F)c1nc(Cl)nc2nc[nH]c12. The number of imidazole rings is 1. The van der Waals surface area contributed by atoms with Crippen molar-refractivity contribution in [3.05, 3.63) is 11.6 Å². The number of halogens is 2. The Morgan fingerprint density at radius 1 is 1.43 bits per heavy atom. The largest absolute Gasteiger partial charge is 0.352 e. The fourth-order valence-electron chi connectivity index (χ4n) is 0.958. The van der Waals surface area contributed by atoms with Crippen molar-refractivity contribution >= 4 is 33.0 Å². The standard InChI is InChI=1S/C5H2ClFN4O2S/c6-5-10-3-2(8-1-9-3)4(11-5)14(7,12)13/h1H,(H,8,9,10,11). The Morgan fingerprint density at radius 2 is 2.14 bits per heavy atom. The van der Waals surface area contributed by atoms with Gasteiger partial charge in [0.1, 0.15) is 5.52 Å². The smallest absolute Gasteiger partial charge is 0.341 e. The number of H-pyrrole nitrogens is 1. The highest BCUT2D eigenvalue weighted by Crippen LogP contribution is 2.19. The minimum atomic E-state index is -4.93. The molecule has 0 aliphatic rings. The van der Waals surface area contributed by atoms with E-state index in [4.69, 9.17) is 11.6 Å².